The summed E-state index contributed by atoms with van der Waals surface area (Å²) in [5, 5.41) is 4.42. The highest BCUT2D eigenvalue weighted by Gasteiger charge is 2.09. The van der Waals surface area contributed by atoms with E-state index in [0.717, 1.165) is 28.1 Å². The van der Waals surface area contributed by atoms with Gasteiger partial charge in [0.2, 0.25) is 5.95 Å². The molecular weight excluding hydrogens is 377 g/mol. The van der Waals surface area contributed by atoms with Crippen molar-refractivity contribution >= 4 is 17.3 Å². The summed E-state index contributed by atoms with van der Waals surface area (Å²) in [4.78, 5) is 9.17. The lowest BCUT2D eigenvalue weighted by Gasteiger charge is -2.09. The van der Waals surface area contributed by atoms with Crippen LogP contribution in [0.4, 0.5) is 16.0 Å². The average molecular weight is 397 g/mol. The number of halogens is 1. The van der Waals surface area contributed by atoms with Crippen molar-refractivity contribution in [2.75, 3.05) is 11.2 Å². The molecule has 3 N–H and O–H groups in total. The van der Waals surface area contributed by atoms with Gasteiger partial charge in [0.25, 0.3) is 0 Å². The van der Waals surface area contributed by atoms with Crippen molar-refractivity contribution in [1.29, 1.82) is 0 Å². The van der Waals surface area contributed by atoms with Crippen molar-refractivity contribution in [1.82, 2.24) is 9.97 Å². The van der Waals surface area contributed by atoms with E-state index in [2.05, 4.69) is 20.5 Å². The molecule has 1 aromatic heterocycles. The fraction of sp³-hybridized carbons (Fsp3) is 0.0417. The van der Waals surface area contributed by atoms with E-state index in [1.165, 1.54) is 12.1 Å². The Morgan fingerprint density at radius 3 is 2.07 bits per heavy atom. The lowest BCUT2D eigenvalue weighted by Crippen LogP contribution is -2.04. The number of rotatable bonds is 5. The van der Waals surface area contributed by atoms with Gasteiger partial charge in [-0.25, -0.2) is 19.8 Å². The van der Waals surface area contributed by atoms with Crippen molar-refractivity contribution in [2.24, 2.45) is 5.10 Å². The van der Waals surface area contributed by atoms with E-state index in [1.54, 1.807) is 12.1 Å². The minimum absolute atomic E-state index is 0.293. The first kappa shape index (κ1) is 19.3. The van der Waals surface area contributed by atoms with Crippen LogP contribution in [-0.4, -0.2) is 15.7 Å². The van der Waals surface area contributed by atoms with E-state index in [1.807, 2.05) is 67.6 Å². The molecule has 6 heteroatoms. The molecule has 148 valence electrons. The maximum Gasteiger partial charge on any atom is 0.244 e. The van der Waals surface area contributed by atoms with E-state index in [-0.39, 0.29) is 5.82 Å². The van der Waals surface area contributed by atoms with Crippen LogP contribution in [0.15, 0.2) is 90.0 Å². The highest BCUT2D eigenvalue weighted by Crippen LogP contribution is 2.25. The number of benzene rings is 3. The molecule has 0 unspecified atom stereocenters. The molecule has 0 bridgehead atoms. The van der Waals surface area contributed by atoms with Crippen LogP contribution in [-0.2, 0) is 0 Å². The van der Waals surface area contributed by atoms with Gasteiger partial charge in [0, 0.05) is 16.8 Å². The van der Waals surface area contributed by atoms with Crippen LogP contribution in [0.2, 0.25) is 0 Å². The molecule has 0 spiro atoms. The molecule has 0 saturated carbocycles. The Bertz CT molecular complexity index is 1170. The van der Waals surface area contributed by atoms with E-state index in [0.29, 0.717) is 17.3 Å². The first-order valence-electron chi connectivity index (χ1n) is 9.45. The second-order valence-electron chi connectivity index (χ2n) is 6.77. The zero-order valence-electron chi connectivity index (χ0n) is 16.4. The van der Waals surface area contributed by atoms with Gasteiger partial charge in [0.15, 0.2) is 0 Å². The Balaban J connectivity index is 1.71. The predicted molar refractivity (Wildman–Crippen MR) is 120 cm³/mol. The van der Waals surface area contributed by atoms with Crippen LogP contribution in [0.5, 0.6) is 0 Å². The minimum Gasteiger partial charge on any atom is -0.399 e. The third-order valence-corrected chi connectivity index (χ3v) is 4.59. The Labute approximate surface area is 174 Å². The van der Waals surface area contributed by atoms with Gasteiger partial charge in [0.1, 0.15) is 5.82 Å². The standard InChI is InChI=1S/C24H20FN5/c1-16(17-9-13-21(26)14-10-17)29-30-24-27-22(18-5-3-2-4-6-18)15-23(28-24)19-7-11-20(25)12-8-19/h2-15H,26H2,1H3,(H,27,28,30)/b29-16+. The quantitative estimate of drug-likeness (QED) is 0.270. The number of nitrogen functional groups attached to an aromatic ring is 1. The van der Waals surface area contributed by atoms with Crippen LogP contribution in [0, 0.1) is 5.82 Å². The molecule has 0 aliphatic heterocycles. The molecule has 4 aromatic rings. The monoisotopic (exact) mass is 397 g/mol. The van der Waals surface area contributed by atoms with Crippen molar-refractivity contribution < 1.29 is 4.39 Å². The fourth-order valence-corrected chi connectivity index (χ4v) is 2.95. The summed E-state index contributed by atoms with van der Waals surface area (Å²) in [6.07, 6.45) is 0. The smallest absolute Gasteiger partial charge is 0.244 e. The molecule has 0 amide bonds. The normalized spacial score (nSPS) is 11.3. The molecule has 0 saturated heterocycles. The number of nitrogens with two attached hydrogens (primary N) is 1. The first-order chi connectivity index (χ1) is 14.6. The molecule has 4 rings (SSSR count). The number of aromatic nitrogens is 2. The van der Waals surface area contributed by atoms with Crippen molar-refractivity contribution in [2.45, 2.75) is 6.92 Å². The molecule has 0 atom stereocenters. The summed E-state index contributed by atoms with van der Waals surface area (Å²) in [6, 6.07) is 25.4. The Morgan fingerprint density at radius 2 is 1.43 bits per heavy atom. The third kappa shape index (κ3) is 4.50. The van der Waals surface area contributed by atoms with Crippen LogP contribution in [0.3, 0.4) is 0 Å². The number of hydrazone groups is 1. The van der Waals surface area contributed by atoms with E-state index in [9.17, 15) is 4.39 Å². The van der Waals surface area contributed by atoms with Crippen molar-refractivity contribution in [3.05, 3.63) is 96.3 Å². The molecule has 0 radical (unpaired) electrons. The van der Waals surface area contributed by atoms with Crippen LogP contribution in [0.1, 0.15) is 12.5 Å². The van der Waals surface area contributed by atoms with Gasteiger partial charge < -0.3 is 5.73 Å². The van der Waals surface area contributed by atoms with Gasteiger partial charge in [-0.1, -0.05) is 42.5 Å². The molecule has 1 heterocycles. The van der Waals surface area contributed by atoms with E-state index in [4.69, 9.17) is 5.73 Å². The van der Waals surface area contributed by atoms with Crippen molar-refractivity contribution in [3.8, 4) is 22.5 Å². The number of anilines is 2. The number of hydrogen-bond acceptors (Lipinski definition) is 5. The maximum absolute atomic E-state index is 13.4. The molecule has 0 aliphatic carbocycles. The molecule has 5 nitrogen and oxygen atoms in total. The van der Waals surface area contributed by atoms with Gasteiger partial charge in [-0.2, -0.15) is 5.10 Å². The first-order valence-corrected chi connectivity index (χ1v) is 9.45. The van der Waals surface area contributed by atoms with Crippen LogP contribution >= 0.6 is 0 Å². The summed E-state index contributed by atoms with van der Waals surface area (Å²) in [5.41, 5.74) is 14.3. The molecular formula is C24H20FN5. The number of nitrogens with zero attached hydrogens (tertiary/aromatic N) is 3. The minimum atomic E-state index is -0.293. The second-order valence-corrected chi connectivity index (χ2v) is 6.77. The Hall–Kier alpha value is -4.06. The maximum atomic E-state index is 13.4. The summed E-state index contributed by atoms with van der Waals surface area (Å²) >= 11 is 0. The zero-order valence-corrected chi connectivity index (χ0v) is 16.4. The van der Waals surface area contributed by atoms with Gasteiger partial charge in [0.05, 0.1) is 17.1 Å². The lowest BCUT2D eigenvalue weighted by molar-refractivity contribution is 0.628. The zero-order chi connectivity index (χ0) is 20.9. The van der Waals surface area contributed by atoms with Crippen molar-refractivity contribution in [3.63, 3.8) is 0 Å². The van der Waals surface area contributed by atoms with E-state index < -0.39 is 0 Å². The third-order valence-electron chi connectivity index (χ3n) is 4.59. The summed E-state index contributed by atoms with van der Waals surface area (Å²) in [7, 11) is 0. The largest absolute Gasteiger partial charge is 0.399 e. The van der Waals surface area contributed by atoms with Gasteiger partial charge in [-0.3, -0.25) is 0 Å². The predicted octanol–water partition coefficient (Wildman–Crippen LogP) is 5.37. The topological polar surface area (TPSA) is 76.2 Å². The number of nitrogens with one attached hydrogen (secondary N) is 1. The van der Waals surface area contributed by atoms with Gasteiger partial charge in [-0.15, -0.1) is 0 Å². The van der Waals surface area contributed by atoms with Crippen LogP contribution < -0.4 is 11.2 Å². The van der Waals surface area contributed by atoms with Crippen LogP contribution in [0.25, 0.3) is 22.5 Å². The fourth-order valence-electron chi connectivity index (χ4n) is 2.95. The van der Waals surface area contributed by atoms with Gasteiger partial charge >= 0.3 is 0 Å². The highest BCUT2D eigenvalue weighted by molar-refractivity contribution is 5.99. The summed E-state index contributed by atoms with van der Waals surface area (Å²) in [5.74, 6) is 0.0589. The Morgan fingerprint density at radius 1 is 0.833 bits per heavy atom. The molecule has 0 fully saturated rings. The summed E-state index contributed by atoms with van der Waals surface area (Å²) < 4.78 is 13.4. The average Bonchev–Trinajstić information content (AvgIpc) is 2.79. The van der Waals surface area contributed by atoms with Gasteiger partial charge in [-0.05, 0) is 55.0 Å². The molecule has 0 aliphatic rings. The lowest BCUT2D eigenvalue weighted by atomic mass is 10.1. The highest BCUT2D eigenvalue weighted by atomic mass is 19.1. The summed E-state index contributed by atoms with van der Waals surface area (Å²) in [6.45, 7) is 1.89. The number of hydrogen-bond donors (Lipinski definition) is 2. The Kier molecular flexibility index (Phi) is 5.48. The second kappa shape index (κ2) is 8.53. The molecule has 30 heavy (non-hydrogen) atoms. The molecule has 3 aromatic carbocycles. The SMILES string of the molecule is C/C(=N\Nc1nc(-c2ccccc2)cc(-c2ccc(F)cc2)n1)c1ccc(N)cc1. The van der Waals surface area contributed by atoms with E-state index >= 15 is 0 Å².